The summed E-state index contributed by atoms with van der Waals surface area (Å²) in [4.78, 5) is 11.0. The average Bonchev–Trinajstić information content (AvgIpc) is 2.61. The quantitative estimate of drug-likeness (QED) is 0.542. The molecule has 120 valence electrons. The van der Waals surface area contributed by atoms with Gasteiger partial charge in [0.2, 0.25) is 0 Å². The van der Waals surface area contributed by atoms with E-state index in [4.69, 9.17) is 0 Å². The third-order valence-corrected chi connectivity index (χ3v) is 3.79. The summed E-state index contributed by atoms with van der Waals surface area (Å²) in [6.45, 7) is 0. The maximum absolute atomic E-state index is 11.4. The molecule has 0 heterocycles. The predicted molar refractivity (Wildman–Crippen MR) is 94.5 cm³/mol. The number of aromatic hydroxyl groups is 1. The Morgan fingerprint density at radius 1 is 1.04 bits per heavy atom. The molecule has 0 aliphatic rings. The minimum atomic E-state index is -0.433. The van der Waals surface area contributed by atoms with Crippen LogP contribution in [-0.4, -0.2) is 10.0 Å². The van der Waals surface area contributed by atoms with Gasteiger partial charge >= 0.3 is 0 Å². The molecule has 3 aromatic carbocycles. The van der Waals surface area contributed by atoms with Crippen molar-refractivity contribution in [3.8, 4) is 5.75 Å². The van der Waals surface area contributed by atoms with Crippen molar-refractivity contribution in [2.75, 3.05) is 5.32 Å². The Balaban J connectivity index is 1.94. The second-order valence-corrected chi connectivity index (χ2v) is 5.36. The number of phenols is 1. The summed E-state index contributed by atoms with van der Waals surface area (Å²) in [6, 6.07) is 20.1. The number of allylic oxidation sites excluding steroid dienone is 1. The molecule has 0 unspecified atom stereocenters. The van der Waals surface area contributed by atoms with Crippen LogP contribution in [0.1, 0.15) is 5.56 Å². The summed E-state index contributed by atoms with van der Waals surface area (Å²) >= 11 is 0. The lowest BCUT2D eigenvalue weighted by atomic mass is 10.00. The fraction of sp³-hybridized carbons (Fsp3) is 0.0526. The number of rotatable bonds is 5. The maximum Gasteiger partial charge on any atom is 0.266 e. The zero-order chi connectivity index (χ0) is 16.9. The number of fused-ring (bicyclic) bond motifs is 1. The molecule has 0 atom stereocenters. The fourth-order valence-corrected chi connectivity index (χ4v) is 2.56. The van der Waals surface area contributed by atoms with Crippen molar-refractivity contribution in [1.82, 2.24) is 0 Å². The van der Waals surface area contributed by atoms with Crippen LogP contribution in [0.3, 0.4) is 0 Å². The van der Waals surface area contributed by atoms with Gasteiger partial charge in [-0.3, -0.25) is 10.1 Å². The molecule has 0 saturated heterocycles. The van der Waals surface area contributed by atoms with Crippen LogP contribution >= 0.6 is 0 Å². The molecule has 2 N–H and O–H groups in total. The predicted octanol–water partition coefficient (Wildman–Crippen LogP) is 4.32. The molecule has 0 spiro atoms. The summed E-state index contributed by atoms with van der Waals surface area (Å²) < 4.78 is 0. The molecule has 0 amide bonds. The monoisotopic (exact) mass is 320 g/mol. The molecule has 0 aliphatic carbocycles. The first-order valence-electron chi connectivity index (χ1n) is 7.50. The number of hydrogen-bond acceptors (Lipinski definition) is 4. The highest BCUT2D eigenvalue weighted by atomic mass is 16.6. The topological polar surface area (TPSA) is 75.4 Å². The molecule has 0 saturated carbocycles. The molecule has 5 heteroatoms. The zero-order valence-corrected chi connectivity index (χ0v) is 12.8. The number of benzene rings is 3. The lowest BCUT2D eigenvalue weighted by Gasteiger charge is -2.08. The second-order valence-electron chi connectivity index (χ2n) is 5.36. The number of anilines is 1. The standard InChI is InChI=1S/C19H16N2O3/c22-19-11-10-14-6-4-5-9-17(14)18(19)12-16(21(23)24)13-20-15-7-2-1-3-8-15/h1-11,13,20,22H,12H2. The normalized spacial score (nSPS) is 11.4. The van der Waals surface area contributed by atoms with E-state index in [2.05, 4.69) is 5.32 Å². The number of hydrogen-bond donors (Lipinski definition) is 2. The Labute approximate surface area is 139 Å². The molecular formula is C19H16N2O3. The van der Waals surface area contributed by atoms with E-state index >= 15 is 0 Å². The fourth-order valence-electron chi connectivity index (χ4n) is 2.56. The lowest BCUT2D eigenvalue weighted by molar-refractivity contribution is -0.427. The van der Waals surface area contributed by atoms with Gasteiger partial charge in [-0.2, -0.15) is 0 Å². The number of nitrogens with zero attached hydrogens (tertiary/aromatic N) is 1. The van der Waals surface area contributed by atoms with Crippen molar-refractivity contribution in [3.05, 3.63) is 94.3 Å². The average molecular weight is 320 g/mol. The molecule has 0 aliphatic heterocycles. The van der Waals surface area contributed by atoms with Crippen LogP contribution in [0, 0.1) is 10.1 Å². The van der Waals surface area contributed by atoms with E-state index in [1.807, 2.05) is 54.6 Å². The molecule has 5 nitrogen and oxygen atoms in total. The molecule has 0 fully saturated rings. The molecule has 3 rings (SSSR count). The summed E-state index contributed by atoms with van der Waals surface area (Å²) in [5, 5.41) is 26.2. The largest absolute Gasteiger partial charge is 0.508 e. The van der Waals surface area contributed by atoms with Crippen molar-refractivity contribution in [2.24, 2.45) is 0 Å². The maximum atomic E-state index is 11.4. The van der Waals surface area contributed by atoms with Crippen LogP contribution in [0.2, 0.25) is 0 Å². The Kier molecular flexibility index (Phi) is 4.43. The van der Waals surface area contributed by atoms with Crippen LogP contribution in [-0.2, 0) is 6.42 Å². The molecule has 3 aromatic rings. The number of para-hydroxylation sites is 1. The summed E-state index contributed by atoms with van der Waals surface area (Å²) in [5.74, 6) is 0.0566. The second kappa shape index (κ2) is 6.83. The van der Waals surface area contributed by atoms with Crippen LogP contribution in [0.4, 0.5) is 5.69 Å². The van der Waals surface area contributed by atoms with Crippen molar-refractivity contribution in [3.63, 3.8) is 0 Å². The van der Waals surface area contributed by atoms with Gasteiger partial charge in [-0.05, 0) is 29.0 Å². The van der Waals surface area contributed by atoms with E-state index in [1.54, 1.807) is 12.1 Å². The van der Waals surface area contributed by atoms with Gasteiger partial charge in [0.25, 0.3) is 5.70 Å². The van der Waals surface area contributed by atoms with Gasteiger partial charge in [0.1, 0.15) is 5.75 Å². The van der Waals surface area contributed by atoms with Gasteiger partial charge in [0, 0.05) is 11.3 Å². The number of nitrogens with one attached hydrogen (secondary N) is 1. The SMILES string of the molecule is O=[N+]([O-])C(=CNc1ccccc1)Cc1c(O)ccc2ccccc12. The number of nitro groups is 1. The molecular weight excluding hydrogens is 304 g/mol. The Morgan fingerprint density at radius 2 is 1.75 bits per heavy atom. The van der Waals surface area contributed by atoms with Gasteiger partial charge in [-0.1, -0.05) is 48.5 Å². The zero-order valence-electron chi connectivity index (χ0n) is 12.8. The minimum Gasteiger partial charge on any atom is -0.508 e. The Bertz CT molecular complexity index is 905. The van der Waals surface area contributed by atoms with E-state index in [-0.39, 0.29) is 17.9 Å². The lowest BCUT2D eigenvalue weighted by Crippen LogP contribution is -2.06. The van der Waals surface area contributed by atoms with E-state index in [1.165, 1.54) is 6.20 Å². The molecule has 0 bridgehead atoms. The van der Waals surface area contributed by atoms with Crippen molar-refractivity contribution in [2.45, 2.75) is 6.42 Å². The molecule has 0 aromatic heterocycles. The summed E-state index contributed by atoms with van der Waals surface area (Å²) in [7, 11) is 0. The third kappa shape index (κ3) is 3.35. The van der Waals surface area contributed by atoms with Gasteiger partial charge in [-0.15, -0.1) is 0 Å². The van der Waals surface area contributed by atoms with E-state index in [0.717, 1.165) is 16.5 Å². The highest BCUT2D eigenvalue weighted by molar-refractivity contribution is 5.87. The Hall–Kier alpha value is -3.34. The highest BCUT2D eigenvalue weighted by Gasteiger charge is 2.17. The first-order valence-corrected chi connectivity index (χ1v) is 7.50. The van der Waals surface area contributed by atoms with Crippen LogP contribution in [0.15, 0.2) is 78.6 Å². The van der Waals surface area contributed by atoms with Gasteiger partial charge in [0.05, 0.1) is 17.5 Å². The smallest absolute Gasteiger partial charge is 0.266 e. The van der Waals surface area contributed by atoms with Gasteiger partial charge in [0.15, 0.2) is 0 Å². The van der Waals surface area contributed by atoms with Crippen molar-refractivity contribution in [1.29, 1.82) is 0 Å². The van der Waals surface area contributed by atoms with Crippen LogP contribution in [0.25, 0.3) is 10.8 Å². The first kappa shape index (κ1) is 15.6. The van der Waals surface area contributed by atoms with Gasteiger partial charge < -0.3 is 10.4 Å². The first-order chi connectivity index (χ1) is 11.6. The van der Waals surface area contributed by atoms with Crippen LogP contribution < -0.4 is 5.32 Å². The Morgan fingerprint density at radius 3 is 2.50 bits per heavy atom. The minimum absolute atomic E-state index is 0.0227. The third-order valence-electron chi connectivity index (χ3n) is 3.79. The van der Waals surface area contributed by atoms with Gasteiger partial charge in [-0.25, -0.2) is 0 Å². The van der Waals surface area contributed by atoms with Crippen molar-refractivity contribution >= 4 is 16.5 Å². The van der Waals surface area contributed by atoms with E-state index in [0.29, 0.717) is 5.56 Å². The highest BCUT2D eigenvalue weighted by Crippen LogP contribution is 2.29. The van der Waals surface area contributed by atoms with E-state index in [9.17, 15) is 15.2 Å². The molecule has 24 heavy (non-hydrogen) atoms. The summed E-state index contributed by atoms with van der Waals surface area (Å²) in [5.41, 5.74) is 1.29. The summed E-state index contributed by atoms with van der Waals surface area (Å²) in [6.07, 6.45) is 1.40. The molecule has 0 radical (unpaired) electrons. The van der Waals surface area contributed by atoms with Crippen molar-refractivity contribution < 1.29 is 10.0 Å². The van der Waals surface area contributed by atoms with Crippen LogP contribution in [0.5, 0.6) is 5.75 Å². The number of phenolic OH excluding ortho intramolecular Hbond substituents is 1. The van der Waals surface area contributed by atoms with E-state index < -0.39 is 4.92 Å².